The van der Waals surface area contributed by atoms with Gasteiger partial charge >= 0.3 is 0 Å². The van der Waals surface area contributed by atoms with E-state index in [1.807, 2.05) is 6.20 Å². The van der Waals surface area contributed by atoms with Crippen molar-refractivity contribution in [1.29, 1.82) is 0 Å². The molecule has 0 saturated heterocycles. The van der Waals surface area contributed by atoms with Crippen LogP contribution in [-0.2, 0) is 19.5 Å². The first-order valence-electron chi connectivity index (χ1n) is 6.64. The zero-order valence-electron chi connectivity index (χ0n) is 11.5. The highest BCUT2D eigenvalue weighted by Crippen LogP contribution is 2.13. The Morgan fingerprint density at radius 2 is 2.10 bits per heavy atom. The van der Waals surface area contributed by atoms with Crippen LogP contribution < -0.4 is 5.32 Å². The van der Waals surface area contributed by atoms with E-state index < -0.39 is 0 Å². The van der Waals surface area contributed by atoms with Crippen molar-refractivity contribution in [1.82, 2.24) is 14.9 Å². The van der Waals surface area contributed by atoms with Gasteiger partial charge in [-0.1, -0.05) is 19.1 Å². The fraction of sp³-hybridized carbons (Fsp3) is 0.357. The Hall–Kier alpha value is -2.21. The minimum atomic E-state index is -0.381. The molecular weight excluding hydrogens is 256 g/mol. The van der Waals surface area contributed by atoms with Crippen molar-refractivity contribution < 1.29 is 4.92 Å². The molecule has 0 radical (unpaired) electrons. The molecule has 2 aromatic rings. The van der Waals surface area contributed by atoms with Gasteiger partial charge in [-0.15, -0.1) is 0 Å². The van der Waals surface area contributed by atoms with Gasteiger partial charge in [-0.3, -0.25) is 10.1 Å². The predicted molar refractivity (Wildman–Crippen MR) is 76.4 cm³/mol. The van der Waals surface area contributed by atoms with E-state index in [0.717, 1.165) is 37.4 Å². The molecule has 1 heterocycles. The van der Waals surface area contributed by atoms with E-state index in [0.29, 0.717) is 0 Å². The Morgan fingerprint density at radius 1 is 1.35 bits per heavy atom. The lowest BCUT2D eigenvalue weighted by Gasteiger charge is -2.08. The number of benzene rings is 1. The lowest BCUT2D eigenvalue weighted by atomic mass is 10.1. The summed E-state index contributed by atoms with van der Waals surface area (Å²) in [6, 6.07) is 6.70. The number of aryl methyl sites for hydroxylation is 2. The van der Waals surface area contributed by atoms with E-state index in [4.69, 9.17) is 0 Å². The Morgan fingerprint density at radius 3 is 2.75 bits per heavy atom. The first-order valence-corrected chi connectivity index (χ1v) is 6.64. The molecule has 0 saturated carbocycles. The highest BCUT2D eigenvalue weighted by Gasteiger charge is 2.05. The van der Waals surface area contributed by atoms with Crippen LogP contribution in [0.5, 0.6) is 0 Å². The second-order valence-corrected chi connectivity index (χ2v) is 4.49. The highest BCUT2D eigenvalue weighted by molar-refractivity contribution is 5.32. The average Bonchev–Trinajstić information content (AvgIpc) is 2.90. The molecular formula is C14H18N4O2. The molecule has 0 unspecified atom stereocenters. The summed E-state index contributed by atoms with van der Waals surface area (Å²) in [4.78, 5) is 14.5. The first kappa shape index (κ1) is 14.2. The summed E-state index contributed by atoms with van der Waals surface area (Å²) in [7, 11) is 0. The third-order valence-electron chi connectivity index (χ3n) is 3.12. The summed E-state index contributed by atoms with van der Waals surface area (Å²) in [5.41, 5.74) is 1.21. The van der Waals surface area contributed by atoms with Crippen molar-refractivity contribution in [3.05, 3.63) is 58.2 Å². The summed E-state index contributed by atoms with van der Waals surface area (Å²) in [6.07, 6.45) is 4.58. The van der Waals surface area contributed by atoms with E-state index in [2.05, 4.69) is 21.8 Å². The van der Waals surface area contributed by atoms with Crippen LogP contribution in [0, 0.1) is 10.1 Å². The number of hydrogen-bond acceptors (Lipinski definition) is 4. The van der Waals surface area contributed by atoms with Crippen LogP contribution in [0.4, 0.5) is 5.69 Å². The maximum Gasteiger partial charge on any atom is 0.269 e. The molecule has 6 heteroatoms. The third-order valence-corrected chi connectivity index (χ3v) is 3.12. The van der Waals surface area contributed by atoms with E-state index in [9.17, 15) is 10.1 Å². The summed E-state index contributed by atoms with van der Waals surface area (Å²) < 4.78 is 2.10. The van der Waals surface area contributed by atoms with Crippen molar-refractivity contribution in [2.45, 2.75) is 26.4 Å². The molecule has 20 heavy (non-hydrogen) atoms. The van der Waals surface area contributed by atoms with Gasteiger partial charge in [0.25, 0.3) is 5.69 Å². The van der Waals surface area contributed by atoms with Gasteiger partial charge in [-0.2, -0.15) is 0 Å². The van der Waals surface area contributed by atoms with Crippen LogP contribution in [0.15, 0.2) is 36.7 Å². The largest absolute Gasteiger partial charge is 0.334 e. The number of nitro groups is 1. The number of rotatable bonds is 7. The van der Waals surface area contributed by atoms with Gasteiger partial charge in [0.15, 0.2) is 0 Å². The predicted octanol–water partition coefficient (Wildman–Crippen LogP) is 2.14. The van der Waals surface area contributed by atoms with E-state index >= 15 is 0 Å². The molecule has 1 aromatic carbocycles. The number of nitrogens with zero attached hydrogens (tertiary/aromatic N) is 3. The zero-order valence-corrected chi connectivity index (χ0v) is 11.5. The number of non-ortho nitro benzene ring substituents is 1. The van der Waals surface area contributed by atoms with Crippen LogP contribution in [0.25, 0.3) is 0 Å². The van der Waals surface area contributed by atoms with Gasteiger partial charge in [0.05, 0.1) is 11.5 Å². The molecule has 0 spiro atoms. The number of nitrogens with one attached hydrogen (secondary N) is 1. The molecule has 0 aliphatic heterocycles. The van der Waals surface area contributed by atoms with E-state index in [1.54, 1.807) is 30.5 Å². The van der Waals surface area contributed by atoms with Crippen LogP contribution in [0.2, 0.25) is 0 Å². The Kier molecular flexibility index (Phi) is 4.84. The summed E-state index contributed by atoms with van der Waals surface area (Å²) in [5, 5.41) is 13.8. The van der Waals surface area contributed by atoms with Gasteiger partial charge in [0.1, 0.15) is 5.82 Å². The molecule has 6 nitrogen and oxygen atoms in total. The van der Waals surface area contributed by atoms with Crippen molar-refractivity contribution in [2.75, 3.05) is 6.54 Å². The number of aromatic nitrogens is 2. The fourth-order valence-electron chi connectivity index (χ4n) is 1.98. The zero-order chi connectivity index (χ0) is 14.4. The number of imidazole rings is 1. The highest BCUT2D eigenvalue weighted by atomic mass is 16.6. The van der Waals surface area contributed by atoms with Crippen molar-refractivity contribution in [2.24, 2.45) is 0 Å². The second kappa shape index (κ2) is 6.81. The maximum atomic E-state index is 10.6. The van der Waals surface area contributed by atoms with Crippen molar-refractivity contribution in [3.8, 4) is 0 Å². The summed E-state index contributed by atoms with van der Waals surface area (Å²) in [5.74, 6) is 1.01. The van der Waals surface area contributed by atoms with Gasteiger partial charge in [0, 0.05) is 31.1 Å². The molecule has 106 valence electrons. The molecule has 0 bridgehead atoms. The second-order valence-electron chi connectivity index (χ2n) is 4.49. The Bertz CT molecular complexity index is 563. The maximum absolute atomic E-state index is 10.6. The molecule has 2 rings (SSSR count). The SMILES string of the molecule is CCNCc1nccn1CCc1ccc([N+](=O)[O-])cc1. The number of nitro benzene ring substituents is 1. The van der Waals surface area contributed by atoms with Crippen LogP contribution in [-0.4, -0.2) is 21.0 Å². The molecule has 1 N–H and O–H groups in total. The van der Waals surface area contributed by atoms with Gasteiger partial charge in [0.2, 0.25) is 0 Å². The Balaban J connectivity index is 1.94. The van der Waals surface area contributed by atoms with Gasteiger partial charge in [-0.05, 0) is 18.5 Å². The van der Waals surface area contributed by atoms with Crippen LogP contribution in [0.1, 0.15) is 18.3 Å². The molecule has 0 aliphatic carbocycles. The quantitative estimate of drug-likeness (QED) is 0.620. The normalized spacial score (nSPS) is 10.7. The smallest absolute Gasteiger partial charge is 0.269 e. The molecule has 0 fully saturated rings. The lowest BCUT2D eigenvalue weighted by Crippen LogP contribution is -2.16. The summed E-state index contributed by atoms with van der Waals surface area (Å²) >= 11 is 0. The van der Waals surface area contributed by atoms with Crippen molar-refractivity contribution in [3.63, 3.8) is 0 Å². The van der Waals surface area contributed by atoms with Gasteiger partial charge in [-0.25, -0.2) is 4.98 Å². The minimum absolute atomic E-state index is 0.129. The van der Waals surface area contributed by atoms with E-state index in [-0.39, 0.29) is 10.6 Å². The monoisotopic (exact) mass is 274 g/mol. The third kappa shape index (κ3) is 3.64. The van der Waals surface area contributed by atoms with Crippen molar-refractivity contribution >= 4 is 5.69 Å². The molecule has 0 atom stereocenters. The lowest BCUT2D eigenvalue weighted by molar-refractivity contribution is -0.384. The minimum Gasteiger partial charge on any atom is -0.334 e. The van der Waals surface area contributed by atoms with E-state index in [1.165, 1.54) is 0 Å². The molecule has 0 amide bonds. The van der Waals surface area contributed by atoms with Gasteiger partial charge < -0.3 is 9.88 Å². The average molecular weight is 274 g/mol. The topological polar surface area (TPSA) is 73.0 Å². The van der Waals surface area contributed by atoms with Crippen LogP contribution in [0.3, 0.4) is 0 Å². The Labute approximate surface area is 117 Å². The fourth-order valence-corrected chi connectivity index (χ4v) is 1.98. The first-order chi connectivity index (χ1) is 9.70. The molecule has 1 aromatic heterocycles. The number of hydrogen-bond donors (Lipinski definition) is 1. The van der Waals surface area contributed by atoms with Crippen LogP contribution >= 0.6 is 0 Å². The standard InChI is InChI=1S/C14H18N4O2/c1-2-15-11-14-16-8-10-17(14)9-7-12-3-5-13(6-4-12)18(19)20/h3-6,8,10,15H,2,7,9,11H2,1H3. The summed E-state index contributed by atoms with van der Waals surface area (Å²) in [6.45, 7) is 4.54. The molecule has 0 aliphatic rings.